The van der Waals surface area contributed by atoms with Crippen molar-refractivity contribution in [3.63, 3.8) is 0 Å². The molecule has 2 aliphatic heterocycles. The fraction of sp³-hybridized carbons (Fsp3) is 0.579. The lowest BCUT2D eigenvalue weighted by molar-refractivity contribution is -0.162. The summed E-state index contributed by atoms with van der Waals surface area (Å²) in [4.78, 5) is 25.4. The van der Waals surface area contributed by atoms with Gasteiger partial charge in [-0.05, 0) is 37.5 Å². The van der Waals surface area contributed by atoms with E-state index >= 15 is 0 Å². The van der Waals surface area contributed by atoms with Gasteiger partial charge < -0.3 is 24.4 Å². The molecule has 1 N–H and O–H groups in total. The van der Waals surface area contributed by atoms with E-state index in [1.165, 1.54) is 4.90 Å². The van der Waals surface area contributed by atoms with Gasteiger partial charge in [0.25, 0.3) is 0 Å². The van der Waals surface area contributed by atoms with Gasteiger partial charge in [0.2, 0.25) is 5.91 Å². The fourth-order valence-electron chi connectivity index (χ4n) is 3.30. The smallest absolute Gasteiger partial charge is 0.422 e. The van der Waals surface area contributed by atoms with E-state index < -0.39 is 18.9 Å². The first-order valence-corrected chi connectivity index (χ1v) is 9.41. The number of hydrogen-bond acceptors (Lipinski definition) is 5. The molecule has 1 unspecified atom stereocenters. The zero-order valence-corrected chi connectivity index (χ0v) is 16.0. The van der Waals surface area contributed by atoms with E-state index in [-0.39, 0.29) is 31.0 Å². The van der Waals surface area contributed by atoms with E-state index in [2.05, 4.69) is 10.1 Å². The Morgan fingerprint density at radius 2 is 1.86 bits per heavy atom. The number of piperidine rings is 1. The zero-order valence-electron chi connectivity index (χ0n) is 16.0. The Hall–Kier alpha value is -2.65. The second-order valence-electron chi connectivity index (χ2n) is 7.06. The molecule has 2 aliphatic rings. The van der Waals surface area contributed by atoms with Crippen LogP contribution in [0.1, 0.15) is 31.4 Å². The maximum Gasteiger partial charge on any atom is 0.422 e. The van der Waals surface area contributed by atoms with Crippen LogP contribution in [-0.2, 0) is 9.53 Å². The molecular formula is C19H23F3N2O5. The Bertz CT molecular complexity index is 748. The number of alkyl halides is 3. The number of nitrogens with zero attached hydrogens (tertiary/aromatic N) is 1. The highest BCUT2D eigenvalue weighted by molar-refractivity contribution is 5.79. The maximum absolute atomic E-state index is 12.6. The van der Waals surface area contributed by atoms with Crippen LogP contribution in [0, 0.1) is 5.92 Å². The molecule has 0 radical (unpaired) electrons. The van der Waals surface area contributed by atoms with Crippen molar-refractivity contribution in [2.24, 2.45) is 5.92 Å². The molecule has 0 aromatic heterocycles. The summed E-state index contributed by atoms with van der Waals surface area (Å²) in [5.74, 6) is 0.834. The average molecular weight is 416 g/mol. The molecule has 10 heteroatoms. The Balaban J connectivity index is 1.47. The van der Waals surface area contributed by atoms with E-state index in [0.29, 0.717) is 37.6 Å². The SMILES string of the molecule is CC(NC(=O)C1CCN(C(=O)OCC(F)(F)F)CC1)c1ccc2c(c1)OCCO2. The molecule has 0 spiro atoms. The minimum Gasteiger partial charge on any atom is -0.486 e. The summed E-state index contributed by atoms with van der Waals surface area (Å²) in [5, 5.41) is 2.94. The first kappa shape index (κ1) is 21.1. The standard InChI is InChI=1S/C19H23F3N2O5/c1-12(14-2-3-15-16(10-14)28-9-8-27-15)23-17(25)13-4-6-24(7-5-13)18(26)29-11-19(20,21)22/h2-3,10,12-13H,4-9,11H2,1H3,(H,23,25). The molecule has 2 amide bonds. The van der Waals surface area contributed by atoms with Gasteiger partial charge in [-0.25, -0.2) is 4.79 Å². The lowest BCUT2D eigenvalue weighted by atomic mass is 9.95. The summed E-state index contributed by atoms with van der Waals surface area (Å²) in [6, 6.07) is 5.24. The number of amides is 2. The molecule has 0 bridgehead atoms. The number of halogens is 3. The first-order valence-electron chi connectivity index (χ1n) is 9.41. The van der Waals surface area contributed by atoms with Crippen LogP contribution >= 0.6 is 0 Å². The van der Waals surface area contributed by atoms with Crippen LogP contribution in [0.15, 0.2) is 18.2 Å². The lowest BCUT2D eigenvalue weighted by Gasteiger charge is -2.31. The maximum atomic E-state index is 12.6. The van der Waals surface area contributed by atoms with E-state index in [1.54, 1.807) is 6.07 Å². The van der Waals surface area contributed by atoms with Gasteiger partial charge in [-0.1, -0.05) is 6.07 Å². The Morgan fingerprint density at radius 3 is 2.52 bits per heavy atom. The number of fused-ring (bicyclic) bond motifs is 1. The largest absolute Gasteiger partial charge is 0.486 e. The average Bonchev–Trinajstić information content (AvgIpc) is 2.71. The van der Waals surface area contributed by atoms with Gasteiger partial charge in [0, 0.05) is 19.0 Å². The van der Waals surface area contributed by atoms with Crippen molar-refractivity contribution in [3.05, 3.63) is 23.8 Å². The van der Waals surface area contributed by atoms with E-state index in [1.807, 2.05) is 19.1 Å². The van der Waals surface area contributed by atoms with Gasteiger partial charge in [0.15, 0.2) is 18.1 Å². The first-order chi connectivity index (χ1) is 13.7. The van der Waals surface area contributed by atoms with Crippen LogP contribution in [0.2, 0.25) is 0 Å². The summed E-state index contributed by atoms with van der Waals surface area (Å²) in [7, 11) is 0. The minimum atomic E-state index is -4.56. The Labute approximate surface area is 166 Å². The van der Waals surface area contributed by atoms with Crippen molar-refractivity contribution >= 4 is 12.0 Å². The van der Waals surface area contributed by atoms with Gasteiger partial charge in [0.1, 0.15) is 13.2 Å². The predicted octanol–water partition coefficient (Wildman–Crippen LogP) is 3.05. The summed E-state index contributed by atoms with van der Waals surface area (Å²) in [6.07, 6.45) is -4.84. The molecule has 1 fully saturated rings. The van der Waals surface area contributed by atoms with Crippen LogP contribution in [0.3, 0.4) is 0 Å². The third kappa shape index (κ3) is 5.68. The van der Waals surface area contributed by atoms with Crippen LogP contribution in [0.25, 0.3) is 0 Å². The molecule has 1 aromatic carbocycles. The zero-order chi connectivity index (χ0) is 21.0. The molecule has 1 aromatic rings. The molecule has 0 aliphatic carbocycles. The molecule has 1 atom stereocenters. The third-order valence-electron chi connectivity index (χ3n) is 4.91. The third-order valence-corrected chi connectivity index (χ3v) is 4.91. The molecule has 29 heavy (non-hydrogen) atoms. The normalized spacial score (nSPS) is 18.1. The van der Waals surface area contributed by atoms with Gasteiger partial charge in [0.05, 0.1) is 6.04 Å². The number of likely N-dealkylation sites (tertiary alicyclic amines) is 1. The van der Waals surface area contributed by atoms with Crippen molar-refractivity contribution < 1.29 is 37.0 Å². The van der Waals surface area contributed by atoms with Crippen molar-refractivity contribution in [1.29, 1.82) is 0 Å². The topological polar surface area (TPSA) is 77.1 Å². The van der Waals surface area contributed by atoms with Crippen LogP contribution in [-0.4, -0.2) is 56.0 Å². The summed E-state index contributed by atoms with van der Waals surface area (Å²) in [6.45, 7) is 1.56. The summed E-state index contributed by atoms with van der Waals surface area (Å²) < 4.78 is 51.7. The molecule has 2 heterocycles. The van der Waals surface area contributed by atoms with Crippen LogP contribution in [0.4, 0.5) is 18.0 Å². The second kappa shape index (κ2) is 8.79. The lowest BCUT2D eigenvalue weighted by Crippen LogP contribution is -2.44. The number of ether oxygens (including phenoxy) is 3. The van der Waals surface area contributed by atoms with Gasteiger partial charge in [-0.15, -0.1) is 0 Å². The van der Waals surface area contributed by atoms with Crippen molar-refractivity contribution in [1.82, 2.24) is 10.2 Å². The Morgan fingerprint density at radius 1 is 1.21 bits per heavy atom. The second-order valence-corrected chi connectivity index (χ2v) is 7.06. The monoisotopic (exact) mass is 416 g/mol. The number of rotatable bonds is 4. The summed E-state index contributed by atoms with van der Waals surface area (Å²) >= 11 is 0. The van der Waals surface area contributed by atoms with Crippen LogP contribution < -0.4 is 14.8 Å². The van der Waals surface area contributed by atoms with Gasteiger partial charge in [-0.2, -0.15) is 13.2 Å². The van der Waals surface area contributed by atoms with Crippen molar-refractivity contribution in [3.8, 4) is 11.5 Å². The number of benzene rings is 1. The van der Waals surface area contributed by atoms with Gasteiger partial charge in [-0.3, -0.25) is 4.79 Å². The van der Waals surface area contributed by atoms with Crippen LogP contribution in [0.5, 0.6) is 11.5 Å². The molecule has 0 saturated carbocycles. The highest BCUT2D eigenvalue weighted by Crippen LogP contribution is 2.32. The number of carbonyl (C=O) groups is 2. The van der Waals surface area contributed by atoms with Gasteiger partial charge >= 0.3 is 12.3 Å². The predicted molar refractivity (Wildman–Crippen MR) is 95.7 cm³/mol. The van der Waals surface area contributed by atoms with E-state index in [0.717, 1.165) is 5.56 Å². The molecule has 160 valence electrons. The molecule has 3 rings (SSSR count). The molecule has 7 nitrogen and oxygen atoms in total. The van der Waals surface area contributed by atoms with Crippen molar-refractivity contribution in [2.75, 3.05) is 32.9 Å². The number of nitrogens with one attached hydrogen (secondary N) is 1. The van der Waals surface area contributed by atoms with Crippen molar-refractivity contribution in [2.45, 2.75) is 32.0 Å². The Kier molecular flexibility index (Phi) is 6.39. The number of hydrogen-bond donors (Lipinski definition) is 1. The fourth-order valence-corrected chi connectivity index (χ4v) is 3.30. The molecule has 1 saturated heterocycles. The number of carbonyl (C=O) groups excluding carboxylic acids is 2. The minimum absolute atomic E-state index is 0.157. The highest BCUT2D eigenvalue weighted by Gasteiger charge is 2.33. The van der Waals surface area contributed by atoms with E-state index in [9.17, 15) is 22.8 Å². The highest BCUT2D eigenvalue weighted by atomic mass is 19.4. The molecular weight excluding hydrogens is 393 g/mol. The van der Waals surface area contributed by atoms with E-state index in [4.69, 9.17) is 9.47 Å². The summed E-state index contributed by atoms with van der Waals surface area (Å²) in [5.41, 5.74) is 0.871. The quantitative estimate of drug-likeness (QED) is 0.817.